The molecule has 9 heteroatoms. The fourth-order valence-corrected chi connectivity index (χ4v) is 3.35. The van der Waals surface area contributed by atoms with E-state index in [1.807, 2.05) is 0 Å². The molecule has 2 rings (SSSR count). The first-order valence-electron chi connectivity index (χ1n) is 8.13. The van der Waals surface area contributed by atoms with Gasteiger partial charge in [0, 0.05) is 19.1 Å². The van der Waals surface area contributed by atoms with Crippen LogP contribution in [0.5, 0.6) is 0 Å². The highest BCUT2D eigenvalue weighted by atomic mass is 35.5. The number of halogens is 4. The van der Waals surface area contributed by atoms with Crippen molar-refractivity contribution in [2.24, 2.45) is 0 Å². The minimum atomic E-state index is -4.53. The second-order valence-electron chi connectivity index (χ2n) is 6.06. The van der Waals surface area contributed by atoms with E-state index >= 15 is 0 Å². The lowest BCUT2D eigenvalue weighted by molar-refractivity contribution is -0.141. The van der Waals surface area contributed by atoms with Crippen LogP contribution in [0.25, 0.3) is 0 Å². The van der Waals surface area contributed by atoms with Gasteiger partial charge in [-0.15, -0.1) is 0 Å². The Kier molecular flexibility index (Phi) is 6.74. The third kappa shape index (κ3) is 5.24. The lowest BCUT2D eigenvalue weighted by atomic mass is 9.96. The van der Waals surface area contributed by atoms with Crippen LogP contribution >= 0.6 is 23.8 Å². The van der Waals surface area contributed by atoms with E-state index in [-0.39, 0.29) is 5.02 Å². The normalized spacial score (nSPS) is 16.2. The molecule has 0 atom stereocenters. The molecule has 0 amide bonds. The van der Waals surface area contributed by atoms with Crippen molar-refractivity contribution in [2.45, 2.75) is 64.2 Å². The third-order valence-corrected chi connectivity index (χ3v) is 4.89. The van der Waals surface area contributed by atoms with Gasteiger partial charge < -0.3 is 10.6 Å². The summed E-state index contributed by atoms with van der Waals surface area (Å²) < 4.78 is 39.6. The van der Waals surface area contributed by atoms with Crippen LogP contribution in [-0.4, -0.2) is 27.5 Å². The summed E-state index contributed by atoms with van der Waals surface area (Å²) in [5.41, 5.74) is -0.698. The number of hydrogen-bond donors (Lipinski definition) is 2. The Morgan fingerprint density at radius 1 is 1.33 bits per heavy atom. The maximum absolute atomic E-state index is 12.8. The maximum atomic E-state index is 12.8. The molecule has 0 unspecified atom stereocenters. The lowest BCUT2D eigenvalue weighted by Crippen LogP contribution is -2.43. The van der Waals surface area contributed by atoms with Crippen LogP contribution in [0.2, 0.25) is 5.02 Å². The summed E-state index contributed by atoms with van der Waals surface area (Å²) in [4.78, 5) is 0. The van der Waals surface area contributed by atoms with E-state index < -0.39 is 11.9 Å². The molecule has 1 heterocycles. The van der Waals surface area contributed by atoms with Gasteiger partial charge in [-0.3, -0.25) is 4.68 Å². The fraction of sp³-hybridized carbons (Fsp3) is 0.733. The van der Waals surface area contributed by atoms with Crippen molar-refractivity contribution in [1.29, 1.82) is 0 Å². The molecule has 1 fully saturated rings. The van der Waals surface area contributed by atoms with Gasteiger partial charge in [0.15, 0.2) is 10.8 Å². The molecule has 2 N–H and O–H groups in total. The number of rotatable bonds is 5. The zero-order valence-corrected chi connectivity index (χ0v) is 15.1. The van der Waals surface area contributed by atoms with Gasteiger partial charge >= 0.3 is 6.18 Å². The molecule has 1 aliphatic rings. The van der Waals surface area contributed by atoms with Gasteiger partial charge in [-0.1, -0.05) is 30.9 Å². The first-order valence-corrected chi connectivity index (χ1v) is 8.92. The molecule has 0 saturated heterocycles. The Morgan fingerprint density at radius 2 is 2.00 bits per heavy atom. The number of aryl methyl sites for hydroxylation is 1. The lowest BCUT2D eigenvalue weighted by Gasteiger charge is -2.24. The average molecular weight is 383 g/mol. The SMILES string of the molecule is Cc1c(Cl)c(C(F)(F)F)nn1CCCNC(=S)NC1CCCCC1. The standard InChI is InChI=1S/C15H22ClF3N4S/c1-10-12(16)13(15(17,18)19)22-23(10)9-5-8-20-14(24)21-11-6-3-2-4-7-11/h11H,2-9H2,1H3,(H2,20,21,24). The number of aromatic nitrogens is 2. The molecule has 0 aliphatic heterocycles. The fourth-order valence-electron chi connectivity index (χ4n) is 2.84. The van der Waals surface area contributed by atoms with E-state index in [2.05, 4.69) is 15.7 Å². The number of nitrogens with one attached hydrogen (secondary N) is 2. The van der Waals surface area contributed by atoms with Gasteiger partial charge in [0.2, 0.25) is 0 Å². The van der Waals surface area contributed by atoms with E-state index in [1.165, 1.54) is 30.9 Å². The predicted molar refractivity (Wildman–Crippen MR) is 92.2 cm³/mol. The molecule has 1 saturated carbocycles. The van der Waals surface area contributed by atoms with Gasteiger partial charge in [-0.05, 0) is 38.4 Å². The van der Waals surface area contributed by atoms with Crippen molar-refractivity contribution < 1.29 is 13.2 Å². The van der Waals surface area contributed by atoms with Crippen LogP contribution in [0.15, 0.2) is 0 Å². The highest BCUT2D eigenvalue weighted by Gasteiger charge is 2.38. The summed E-state index contributed by atoms with van der Waals surface area (Å²) in [6.07, 6.45) is 2.06. The Labute approximate surface area is 150 Å². The molecule has 4 nitrogen and oxygen atoms in total. The van der Waals surface area contributed by atoms with E-state index in [0.717, 1.165) is 12.8 Å². The number of hydrogen-bond acceptors (Lipinski definition) is 2. The zero-order valence-electron chi connectivity index (χ0n) is 13.5. The maximum Gasteiger partial charge on any atom is 0.436 e. The number of alkyl halides is 3. The summed E-state index contributed by atoms with van der Waals surface area (Å²) in [7, 11) is 0. The van der Waals surface area contributed by atoms with E-state index in [1.54, 1.807) is 0 Å². The summed E-state index contributed by atoms with van der Waals surface area (Å²) in [5.74, 6) is 0. The molecule has 1 aliphatic carbocycles. The highest BCUT2D eigenvalue weighted by molar-refractivity contribution is 7.80. The number of thiocarbonyl (C=S) groups is 1. The number of nitrogens with zero attached hydrogens (tertiary/aromatic N) is 2. The molecule has 0 spiro atoms. The van der Waals surface area contributed by atoms with Crippen molar-refractivity contribution in [3.8, 4) is 0 Å². The minimum absolute atomic E-state index is 0.326. The first-order chi connectivity index (χ1) is 11.3. The molecule has 1 aromatic rings. The van der Waals surface area contributed by atoms with Crippen LogP contribution < -0.4 is 10.6 Å². The third-order valence-electron chi connectivity index (χ3n) is 4.17. The summed E-state index contributed by atoms with van der Waals surface area (Å²) in [5, 5.41) is 10.2. The zero-order chi connectivity index (χ0) is 17.7. The molecule has 136 valence electrons. The second-order valence-corrected chi connectivity index (χ2v) is 6.84. The van der Waals surface area contributed by atoms with Gasteiger partial charge in [0.05, 0.1) is 10.7 Å². The van der Waals surface area contributed by atoms with Gasteiger partial charge in [0.1, 0.15) is 0 Å². The van der Waals surface area contributed by atoms with Crippen molar-refractivity contribution in [3.05, 3.63) is 16.4 Å². The Balaban J connectivity index is 1.75. The van der Waals surface area contributed by atoms with Gasteiger partial charge in [0.25, 0.3) is 0 Å². The molecule has 0 bridgehead atoms. The van der Waals surface area contributed by atoms with Crippen molar-refractivity contribution in [2.75, 3.05) is 6.54 Å². The van der Waals surface area contributed by atoms with Crippen molar-refractivity contribution >= 4 is 28.9 Å². The Morgan fingerprint density at radius 3 is 2.58 bits per heavy atom. The van der Waals surface area contributed by atoms with Crippen LogP contribution in [-0.2, 0) is 12.7 Å². The van der Waals surface area contributed by atoms with Crippen LogP contribution in [0.1, 0.15) is 49.9 Å². The van der Waals surface area contributed by atoms with Crippen molar-refractivity contribution in [1.82, 2.24) is 20.4 Å². The van der Waals surface area contributed by atoms with E-state index in [0.29, 0.717) is 36.4 Å². The van der Waals surface area contributed by atoms with Crippen molar-refractivity contribution in [3.63, 3.8) is 0 Å². The average Bonchev–Trinajstić information content (AvgIpc) is 2.81. The van der Waals surface area contributed by atoms with Crippen LogP contribution in [0.4, 0.5) is 13.2 Å². The Bertz CT molecular complexity index is 568. The molecular formula is C15H22ClF3N4S. The quantitative estimate of drug-likeness (QED) is 0.595. The first kappa shape index (κ1) is 19.3. The summed E-state index contributed by atoms with van der Waals surface area (Å²) >= 11 is 11.0. The van der Waals surface area contributed by atoms with Crippen LogP contribution in [0.3, 0.4) is 0 Å². The minimum Gasteiger partial charge on any atom is -0.363 e. The molecule has 24 heavy (non-hydrogen) atoms. The smallest absolute Gasteiger partial charge is 0.363 e. The second kappa shape index (κ2) is 8.38. The predicted octanol–water partition coefficient (Wildman–Crippen LogP) is 4.05. The van der Waals surface area contributed by atoms with Gasteiger partial charge in [-0.2, -0.15) is 18.3 Å². The van der Waals surface area contributed by atoms with E-state index in [9.17, 15) is 13.2 Å². The van der Waals surface area contributed by atoms with Crippen LogP contribution in [0, 0.1) is 6.92 Å². The summed E-state index contributed by atoms with van der Waals surface area (Å²) in [6.45, 7) is 2.45. The largest absolute Gasteiger partial charge is 0.436 e. The highest BCUT2D eigenvalue weighted by Crippen LogP contribution is 2.35. The van der Waals surface area contributed by atoms with E-state index in [4.69, 9.17) is 23.8 Å². The topological polar surface area (TPSA) is 41.9 Å². The monoisotopic (exact) mass is 382 g/mol. The molecule has 1 aromatic heterocycles. The van der Waals surface area contributed by atoms with Gasteiger partial charge in [-0.25, -0.2) is 0 Å². The molecule has 0 radical (unpaired) electrons. The summed E-state index contributed by atoms with van der Waals surface area (Å²) in [6, 6.07) is 0.431. The molecular weight excluding hydrogens is 361 g/mol. The Hall–Kier alpha value is -1.02. The molecule has 0 aromatic carbocycles.